The molecule has 0 N–H and O–H groups in total. The van der Waals surface area contributed by atoms with Gasteiger partial charge in [-0.05, 0) is 11.6 Å². The van der Waals surface area contributed by atoms with Crippen molar-refractivity contribution in [3.63, 3.8) is 0 Å². The summed E-state index contributed by atoms with van der Waals surface area (Å²) in [4.78, 5) is 0. The zero-order valence-corrected chi connectivity index (χ0v) is 11.3. The third-order valence-corrected chi connectivity index (χ3v) is 2.92. The molecule has 2 nitrogen and oxygen atoms in total. The largest absolute Gasteiger partial charge is 0.493 e. The normalized spacial score (nSPS) is 10.2. The van der Waals surface area contributed by atoms with Crippen LogP contribution in [0.15, 0.2) is 42.5 Å². The SMILES string of the molecule is COc1cc(Cl)cc(Cl)c1OCc1ccccc1. The molecule has 0 aromatic heterocycles. The van der Waals surface area contributed by atoms with Gasteiger partial charge in [-0.25, -0.2) is 0 Å². The van der Waals surface area contributed by atoms with Gasteiger partial charge in [0.15, 0.2) is 11.5 Å². The highest BCUT2D eigenvalue weighted by molar-refractivity contribution is 6.35. The van der Waals surface area contributed by atoms with Crippen LogP contribution in [0.1, 0.15) is 5.56 Å². The van der Waals surface area contributed by atoms with Crippen LogP contribution in [0.5, 0.6) is 11.5 Å². The molecule has 2 rings (SSSR count). The van der Waals surface area contributed by atoms with Crippen molar-refractivity contribution in [3.8, 4) is 11.5 Å². The monoisotopic (exact) mass is 282 g/mol. The molecule has 2 aromatic rings. The minimum absolute atomic E-state index is 0.429. The number of methoxy groups -OCH3 is 1. The predicted molar refractivity (Wildman–Crippen MR) is 73.8 cm³/mol. The summed E-state index contributed by atoms with van der Waals surface area (Å²) >= 11 is 12.0. The lowest BCUT2D eigenvalue weighted by Crippen LogP contribution is -1.98. The second kappa shape index (κ2) is 5.98. The highest BCUT2D eigenvalue weighted by atomic mass is 35.5. The van der Waals surface area contributed by atoms with Crippen LogP contribution in [0, 0.1) is 0 Å². The summed E-state index contributed by atoms with van der Waals surface area (Å²) in [7, 11) is 1.55. The number of hydrogen-bond acceptors (Lipinski definition) is 2. The van der Waals surface area contributed by atoms with Gasteiger partial charge in [0.05, 0.1) is 12.1 Å². The van der Waals surface area contributed by atoms with Crippen LogP contribution in [-0.4, -0.2) is 7.11 Å². The highest BCUT2D eigenvalue weighted by Crippen LogP contribution is 2.38. The van der Waals surface area contributed by atoms with Gasteiger partial charge in [0.2, 0.25) is 0 Å². The summed E-state index contributed by atoms with van der Waals surface area (Å²) in [6.07, 6.45) is 0. The maximum absolute atomic E-state index is 6.09. The lowest BCUT2D eigenvalue weighted by atomic mass is 10.2. The van der Waals surface area contributed by atoms with Crippen LogP contribution in [0.3, 0.4) is 0 Å². The van der Waals surface area contributed by atoms with Crippen molar-refractivity contribution < 1.29 is 9.47 Å². The Morgan fingerprint density at radius 2 is 1.78 bits per heavy atom. The van der Waals surface area contributed by atoms with Gasteiger partial charge in [-0.1, -0.05) is 53.5 Å². The molecule has 0 aliphatic carbocycles. The van der Waals surface area contributed by atoms with Crippen molar-refractivity contribution >= 4 is 23.2 Å². The van der Waals surface area contributed by atoms with Crippen LogP contribution < -0.4 is 9.47 Å². The van der Waals surface area contributed by atoms with E-state index in [9.17, 15) is 0 Å². The molecule has 2 aromatic carbocycles. The quantitative estimate of drug-likeness (QED) is 0.817. The Labute approximate surface area is 116 Å². The summed E-state index contributed by atoms with van der Waals surface area (Å²) in [6.45, 7) is 0.429. The van der Waals surface area contributed by atoms with E-state index in [4.69, 9.17) is 32.7 Å². The van der Waals surface area contributed by atoms with Gasteiger partial charge in [0, 0.05) is 11.1 Å². The smallest absolute Gasteiger partial charge is 0.180 e. The molecule has 18 heavy (non-hydrogen) atoms. The topological polar surface area (TPSA) is 18.5 Å². The highest BCUT2D eigenvalue weighted by Gasteiger charge is 2.11. The molecule has 0 aliphatic heterocycles. The zero-order valence-electron chi connectivity index (χ0n) is 9.82. The number of ether oxygens (including phenoxy) is 2. The predicted octanol–water partition coefficient (Wildman–Crippen LogP) is 4.58. The van der Waals surface area contributed by atoms with Crippen LogP contribution in [0.4, 0.5) is 0 Å². The molecule has 0 radical (unpaired) electrons. The van der Waals surface area contributed by atoms with Gasteiger partial charge < -0.3 is 9.47 Å². The Morgan fingerprint density at radius 1 is 1.06 bits per heavy atom. The molecule has 0 unspecified atom stereocenters. The van der Waals surface area contributed by atoms with E-state index in [1.807, 2.05) is 30.3 Å². The Balaban J connectivity index is 2.19. The Bertz CT molecular complexity index is 527. The van der Waals surface area contributed by atoms with E-state index in [0.29, 0.717) is 28.2 Å². The molecule has 0 saturated carbocycles. The summed E-state index contributed by atoms with van der Waals surface area (Å²) in [5.74, 6) is 1.04. The first-order chi connectivity index (χ1) is 8.70. The lowest BCUT2D eigenvalue weighted by molar-refractivity contribution is 0.285. The van der Waals surface area contributed by atoms with Crippen molar-refractivity contribution in [2.75, 3.05) is 7.11 Å². The number of halogens is 2. The van der Waals surface area contributed by atoms with Crippen LogP contribution >= 0.6 is 23.2 Å². The summed E-state index contributed by atoms with van der Waals surface area (Å²) in [5, 5.41) is 0.958. The van der Waals surface area contributed by atoms with Gasteiger partial charge in [-0.15, -0.1) is 0 Å². The first-order valence-electron chi connectivity index (χ1n) is 5.40. The van der Waals surface area contributed by atoms with E-state index in [1.54, 1.807) is 19.2 Å². The molecular weight excluding hydrogens is 271 g/mol. The van der Waals surface area contributed by atoms with E-state index >= 15 is 0 Å². The standard InChI is InChI=1S/C14H12Cl2O2/c1-17-13-8-11(15)7-12(16)14(13)18-9-10-5-3-2-4-6-10/h2-8H,9H2,1H3. The summed E-state index contributed by atoms with van der Waals surface area (Å²) in [5.41, 5.74) is 1.06. The maximum atomic E-state index is 6.09. The van der Waals surface area contributed by atoms with E-state index < -0.39 is 0 Å². The fraction of sp³-hybridized carbons (Fsp3) is 0.143. The molecule has 0 saturated heterocycles. The lowest BCUT2D eigenvalue weighted by Gasteiger charge is -2.12. The molecule has 0 atom stereocenters. The third-order valence-electron chi connectivity index (χ3n) is 2.42. The van der Waals surface area contributed by atoms with Crippen LogP contribution in [0.25, 0.3) is 0 Å². The van der Waals surface area contributed by atoms with Crippen molar-refractivity contribution in [2.45, 2.75) is 6.61 Å². The van der Waals surface area contributed by atoms with E-state index in [1.165, 1.54) is 0 Å². The number of rotatable bonds is 4. The molecule has 0 bridgehead atoms. The molecular formula is C14H12Cl2O2. The van der Waals surface area contributed by atoms with Crippen LogP contribution in [0.2, 0.25) is 10.0 Å². The van der Waals surface area contributed by atoms with Crippen molar-refractivity contribution in [2.24, 2.45) is 0 Å². The number of hydrogen-bond donors (Lipinski definition) is 0. The first-order valence-corrected chi connectivity index (χ1v) is 6.16. The molecule has 0 spiro atoms. The molecule has 0 fully saturated rings. The molecule has 0 amide bonds. The van der Waals surface area contributed by atoms with Crippen molar-refractivity contribution in [1.29, 1.82) is 0 Å². The summed E-state index contributed by atoms with van der Waals surface area (Å²) < 4.78 is 10.9. The fourth-order valence-corrected chi connectivity index (χ4v) is 2.09. The Morgan fingerprint density at radius 3 is 2.44 bits per heavy atom. The van der Waals surface area contributed by atoms with Gasteiger partial charge in [-0.2, -0.15) is 0 Å². The second-order valence-electron chi connectivity index (χ2n) is 3.69. The average molecular weight is 283 g/mol. The van der Waals surface area contributed by atoms with Gasteiger partial charge in [-0.3, -0.25) is 0 Å². The van der Waals surface area contributed by atoms with Crippen LogP contribution in [-0.2, 0) is 6.61 Å². The molecule has 0 heterocycles. The van der Waals surface area contributed by atoms with E-state index in [2.05, 4.69) is 0 Å². The second-order valence-corrected chi connectivity index (χ2v) is 4.54. The molecule has 0 aliphatic rings. The van der Waals surface area contributed by atoms with Gasteiger partial charge in [0.1, 0.15) is 6.61 Å². The van der Waals surface area contributed by atoms with Gasteiger partial charge >= 0.3 is 0 Å². The minimum atomic E-state index is 0.429. The van der Waals surface area contributed by atoms with Crippen molar-refractivity contribution in [1.82, 2.24) is 0 Å². The molecule has 94 valence electrons. The summed E-state index contributed by atoms with van der Waals surface area (Å²) in [6, 6.07) is 13.1. The van der Waals surface area contributed by atoms with Crippen molar-refractivity contribution in [3.05, 3.63) is 58.1 Å². The van der Waals surface area contributed by atoms with E-state index in [0.717, 1.165) is 5.56 Å². The number of benzene rings is 2. The Hall–Kier alpha value is -1.38. The first kappa shape index (κ1) is 13.1. The zero-order chi connectivity index (χ0) is 13.0. The third kappa shape index (κ3) is 3.09. The fourth-order valence-electron chi connectivity index (χ4n) is 1.56. The maximum Gasteiger partial charge on any atom is 0.180 e. The Kier molecular flexibility index (Phi) is 4.34. The van der Waals surface area contributed by atoms with Gasteiger partial charge in [0.25, 0.3) is 0 Å². The minimum Gasteiger partial charge on any atom is -0.493 e. The average Bonchev–Trinajstić information content (AvgIpc) is 2.38. The molecule has 4 heteroatoms. The van der Waals surface area contributed by atoms with E-state index in [-0.39, 0.29) is 0 Å².